The van der Waals surface area contributed by atoms with Gasteiger partial charge in [-0.05, 0) is 35.9 Å². The van der Waals surface area contributed by atoms with Gasteiger partial charge in [-0.3, -0.25) is 4.79 Å². The highest BCUT2D eigenvalue weighted by Gasteiger charge is 2.27. The third kappa shape index (κ3) is 4.07. The van der Waals surface area contributed by atoms with Gasteiger partial charge in [-0.2, -0.15) is 0 Å². The lowest BCUT2D eigenvalue weighted by Gasteiger charge is -2.24. The van der Waals surface area contributed by atoms with Crippen LogP contribution in [0.4, 0.5) is 0 Å². The number of ether oxygens (including phenoxy) is 2. The first-order chi connectivity index (χ1) is 13.6. The SMILES string of the molecule is CCC(=O)N(Cc1cccc(Cl)c1)CC1CC(c2ccc3c(c2)OCO3)=NO1. The van der Waals surface area contributed by atoms with Crippen LogP contribution in [-0.4, -0.2) is 36.0 Å². The van der Waals surface area contributed by atoms with Crippen LogP contribution < -0.4 is 9.47 Å². The summed E-state index contributed by atoms with van der Waals surface area (Å²) in [6.45, 7) is 3.06. The number of halogens is 1. The summed E-state index contributed by atoms with van der Waals surface area (Å²) in [5.41, 5.74) is 2.77. The van der Waals surface area contributed by atoms with Crippen molar-refractivity contribution in [3.05, 3.63) is 58.6 Å². The number of rotatable bonds is 6. The van der Waals surface area contributed by atoms with Gasteiger partial charge >= 0.3 is 0 Å². The lowest BCUT2D eigenvalue weighted by Crippen LogP contribution is -2.36. The molecule has 2 aliphatic heterocycles. The first-order valence-electron chi connectivity index (χ1n) is 9.27. The molecule has 1 unspecified atom stereocenters. The van der Waals surface area contributed by atoms with Crippen molar-refractivity contribution in [3.63, 3.8) is 0 Å². The highest BCUT2D eigenvalue weighted by Crippen LogP contribution is 2.33. The van der Waals surface area contributed by atoms with Crippen LogP contribution in [0.25, 0.3) is 0 Å². The second-order valence-electron chi connectivity index (χ2n) is 6.80. The van der Waals surface area contributed by atoms with E-state index in [2.05, 4.69) is 5.16 Å². The Balaban J connectivity index is 1.42. The molecule has 2 aromatic carbocycles. The van der Waals surface area contributed by atoms with Crippen LogP contribution in [0.15, 0.2) is 47.6 Å². The zero-order chi connectivity index (χ0) is 19.5. The van der Waals surface area contributed by atoms with Crippen molar-refractivity contribution < 1.29 is 19.1 Å². The normalized spacial score (nSPS) is 17.2. The fraction of sp³-hybridized carbons (Fsp3) is 0.333. The monoisotopic (exact) mass is 400 g/mol. The number of nitrogens with zero attached hydrogens (tertiary/aromatic N) is 2. The first kappa shape index (κ1) is 18.6. The minimum absolute atomic E-state index is 0.0695. The van der Waals surface area contributed by atoms with E-state index in [4.69, 9.17) is 25.9 Å². The maximum Gasteiger partial charge on any atom is 0.231 e. The van der Waals surface area contributed by atoms with Crippen molar-refractivity contribution in [1.82, 2.24) is 4.90 Å². The molecule has 2 heterocycles. The molecule has 0 aliphatic carbocycles. The zero-order valence-corrected chi connectivity index (χ0v) is 16.3. The van der Waals surface area contributed by atoms with Crippen molar-refractivity contribution in [2.24, 2.45) is 5.16 Å². The van der Waals surface area contributed by atoms with Gasteiger partial charge in [-0.15, -0.1) is 0 Å². The summed E-state index contributed by atoms with van der Waals surface area (Å²) < 4.78 is 10.8. The Kier molecular flexibility index (Phi) is 5.39. The molecule has 2 aromatic rings. The van der Waals surface area contributed by atoms with Crippen molar-refractivity contribution in [1.29, 1.82) is 0 Å². The Labute approximate surface area is 168 Å². The molecule has 0 saturated heterocycles. The Morgan fingerprint density at radius 1 is 1.21 bits per heavy atom. The van der Waals surface area contributed by atoms with Crippen molar-refractivity contribution in [3.8, 4) is 11.5 Å². The number of amides is 1. The van der Waals surface area contributed by atoms with Crippen LogP contribution in [0.2, 0.25) is 5.02 Å². The molecule has 2 aliphatic rings. The second kappa shape index (κ2) is 8.10. The third-order valence-electron chi connectivity index (χ3n) is 4.78. The highest BCUT2D eigenvalue weighted by molar-refractivity contribution is 6.30. The van der Waals surface area contributed by atoms with E-state index in [0.717, 1.165) is 22.6 Å². The molecule has 0 aromatic heterocycles. The average molecular weight is 401 g/mol. The van der Waals surface area contributed by atoms with Gasteiger partial charge < -0.3 is 19.2 Å². The van der Waals surface area contributed by atoms with Gasteiger partial charge in [0.2, 0.25) is 12.7 Å². The molecule has 1 atom stereocenters. The molecule has 0 N–H and O–H groups in total. The molecule has 0 radical (unpaired) electrons. The fourth-order valence-corrected chi connectivity index (χ4v) is 3.57. The largest absolute Gasteiger partial charge is 0.454 e. The summed E-state index contributed by atoms with van der Waals surface area (Å²) in [6, 6.07) is 13.3. The molecule has 28 heavy (non-hydrogen) atoms. The minimum Gasteiger partial charge on any atom is -0.454 e. The van der Waals surface area contributed by atoms with Crippen molar-refractivity contribution in [2.45, 2.75) is 32.4 Å². The van der Waals surface area contributed by atoms with Crippen LogP contribution in [0.3, 0.4) is 0 Å². The molecule has 0 saturated carbocycles. The van der Waals surface area contributed by atoms with E-state index in [0.29, 0.717) is 36.7 Å². The fourth-order valence-electron chi connectivity index (χ4n) is 3.35. The smallest absolute Gasteiger partial charge is 0.231 e. The topological polar surface area (TPSA) is 60.4 Å². The summed E-state index contributed by atoms with van der Waals surface area (Å²) in [7, 11) is 0. The second-order valence-corrected chi connectivity index (χ2v) is 7.23. The van der Waals surface area contributed by atoms with Crippen molar-refractivity contribution >= 4 is 23.2 Å². The van der Waals surface area contributed by atoms with Crippen LogP contribution in [0, 0.1) is 0 Å². The van der Waals surface area contributed by atoms with Crippen LogP contribution >= 0.6 is 11.6 Å². The van der Waals surface area contributed by atoms with E-state index >= 15 is 0 Å². The van der Waals surface area contributed by atoms with Gasteiger partial charge in [0.05, 0.1) is 12.3 Å². The molecule has 0 spiro atoms. The van der Waals surface area contributed by atoms with E-state index in [1.807, 2.05) is 49.4 Å². The van der Waals surface area contributed by atoms with Gasteiger partial charge in [0.15, 0.2) is 17.6 Å². The average Bonchev–Trinajstić information content (AvgIpc) is 3.35. The molecule has 4 rings (SSSR count). The van der Waals surface area contributed by atoms with E-state index in [1.165, 1.54) is 0 Å². The van der Waals surface area contributed by atoms with Crippen LogP contribution in [0.5, 0.6) is 11.5 Å². The summed E-state index contributed by atoms with van der Waals surface area (Å²) >= 11 is 6.07. The summed E-state index contributed by atoms with van der Waals surface area (Å²) in [6.07, 6.45) is 0.876. The predicted molar refractivity (Wildman–Crippen MR) is 106 cm³/mol. The molecule has 6 nitrogen and oxygen atoms in total. The number of hydrogen-bond acceptors (Lipinski definition) is 5. The predicted octanol–water partition coefficient (Wildman–Crippen LogP) is 4.00. The van der Waals surface area contributed by atoms with Gasteiger partial charge in [0.25, 0.3) is 0 Å². The Morgan fingerprint density at radius 3 is 2.89 bits per heavy atom. The number of oxime groups is 1. The summed E-state index contributed by atoms with van der Waals surface area (Å²) in [4.78, 5) is 19.9. The lowest BCUT2D eigenvalue weighted by molar-refractivity contribution is -0.133. The molecule has 1 amide bonds. The number of carbonyl (C=O) groups excluding carboxylic acids is 1. The quantitative estimate of drug-likeness (QED) is 0.735. The van der Waals surface area contributed by atoms with Crippen molar-refractivity contribution in [2.75, 3.05) is 13.3 Å². The maximum absolute atomic E-state index is 12.4. The molecule has 0 fully saturated rings. The van der Waals surface area contributed by atoms with Gasteiger partial charge in [0, 0.05) is 30.0 Å². The number of benzene rings is 2. The van der Waals surface area contributed by atoms with E-state index in [9.17, 15) is 4.79 Å². The minimum atomic E-state index is -0.185. The Bertz CT molecular complexity index is 915. The lowest BCUT2D eigenvalue weighted by atomic mass is 10.0. The Morgan fingerprint density at radius 2 is 2.07 bits per heavy atom. The molecule has 146 valence electrons. The Hall–Kier alpha value is -2.73. The molecular weight excluding hydrogens is 380 g/mol. The summed E-state index contributed by atoms with van der Waals surface area (Å²) in [5, 5.41) is 4.89. The first-order valence-corrected chi connectivity index (χ1v) is 9.65. The number of fused-ring (bicyclic) bond motifs is 1. The van der Waals surface area contributed by atoms with E-state index < -0.39 is 0 Å². The zero-order valence-electron chi connectivity index (χ0n) is 15.6. The summed E-state index contributed by atoms with van der Waals surface area (Å²) in [5.74, 6) is 1.52. The number of carbonyl (C=O) groups is 1. The van der Waals surface area contributed by atoms with Crippen LogP contribution in [-0.2, 0) is 16.2 Å². The maximum atomic E-state index is 12.4. The highest BCUT2D eigenvalue weighted by atomic mass is 35.5. The van der Waals surface area contributed by atoms with Gasteiger partial charge in [-0.1, -0.05) is 35.8 Å². The van der Waals surface area contributed by atoms with Gasteiger partial charge in [-0.25, -0.2) is 0 Å². The standard InChI is InChI=1S/C21H21ClN2O4/c1-2-21(25)24(11-14-4-3-5-16(22)8-14)12-17-10-18(23-28-17)15-6-7-19-20(9-15)27-13-26-19/h3-9,17H,2,10-13H2,1H3. The molecule has 7 heteroatoms. The van der Waals surface area contributed by atoms with E-state index in [-0.39, 0.29) is 18.8 Å². The van der Waals surface area contributed by atoms with E-state index in [1.54, 1.807) is 4.90 Å². The number of hydrogen-bond donors (Lipinski definition) is 0. The molecule has 0 bridgehead atoms. The van der Waals surface area contributed by atoms with Gasteiger partial charge in [0.1, 0.15) is 0 Å². The van der Waals surface area contributed by atoms with Crippen LogP contribution in [0.1, 0.15) is 30.9 Å². The molecular formula is C21H21ClN2O4. The third-order valence-corrected chi connectivity index (χ3v) is 5.02.